The monoisotopic (exact) mass is 211 g/mol. The second-order valence-electron chi connectivity index (χ2n) is 5.42. The smallest absolute Gasteiger partial charge is 0.00671 e. The Morgan fingerprint density at radius 2 is 1.67 bits per heavy atom. The van der Waals surface area contributed by atoms with Crippen LogP contribution in [-0.4, -0.2) is 6.04 Å². The fourth-order valence-electron chi connectivity index (χ4n) is 2.39. The summed E-state index contributed by atoms with van der Waals surface area (Å²) in [5, 5.41) is 0. The molecule has 1 saturated carbocycles. The Hall–Kier alpha value is -0.0400. The van der Waals surface area contributed by atoms with Crippen LogP contribution in [0.1, 0.15) is 71.6 Å². The van der Waals surface area contributed by atoms with Crippen LogP contribution in [0.2, 0.25) is 0 Å². The molecule has 2 unspecified atom stereocenters. The van der Waals surface area contributed by atoms with Crippen LogP contribution in [0.15, 0.2) is 0 Å². The van der Waals surface area contributed by atoms with Crippen LogP contribution >= 0.6 is 0 Å². The van der Waals surface area contributed by atoms with Gasteiger partial charge in [-0.1, -0.05) is 52.4 Å². The maximum absolute atomic E-state index is 6.20. The van der Waals surface area contributed by atoms with E-state index in [1.807, 2.05) is 0 Å². The Labute approximate surface area is 95.8 Å². The first-order valence-electron chi connectivity index (χ1n) is 7.01. The Bertz CT molecular complexity index is 151. The number of rotatable bonds is 9. The molecule has 1 aliphatic carbocycles. The molecule has 0 aromatic carbocycles. The topological polar surface area (TPSA) is 26.0 Å². The Morgan fingerprint density at radius 1 is 1.07 bits per heavy atom. The van der Waals surface area contributed by atoms with Gasteiger partial charge in [-0.2, -0.15) is 0 Å². The van der Waals surface area contributed by atoms with Gasteiger partial charge in [0.2, 0.25) is 0 Å². The Balaban J connectivity index is 1.89. The van der Waals surface area contributed by atoms with Crippen molar-refractivity contribution in [2.45, 2.75) is 77.7 Å². The van der Waals surface area contributed by atoms with Crippen LogP contribution in [0.5, 0.6) is 0 Å². The van der Waals surface area contributed by atoms with Crippen LogP contribution in [-0.2, 0) is 0 Å². The molecular formula is C14H29N. The van der Waals surface area contributed by atoms with Gasteiger partial charge in [-0.25, -0.2) is 0 Å². The van der Waals surface area contributed by atoms with Gasteiger partial charge in [-0.15, -0.1) is 0 Å². The number of hydrogen-bond acceptors (Lipinski definition) is 1. The minimum atomic E-state index is 0.476. The molecule has 0 aliphatic heterocycles. The molecule has 0 radical (unpaired) electrons. The summed E-state index contributed by atoms with van der Waals surface area (Å²) in [6.45, 7) is 4.62. The summed E-state index contributed by atoms with van der Waals surface area (Å²) in [6.07, 6.45) is 12.5. The first-order valence-corrected chi connectivity index (χ1v) is 7.01. The van der Waals surface area contributed by atoms with Crippen molar-refractivity contribution in [1.29, 1.82) is 0 Å². The zero-order valence-corrected chi connectivity index (χ0v) is 10.7. The van der Waals surface area contributed by atoms with Gasteiger partial charge in [0.05, 0.1) is 0 Å². The zero-order valence-electron chi connectivity index (χ0n) is 10.7. The minimum absolute atomic E-state index is 0.476. The molecule has 0 aromatic rings. The Morgan fingerprint density at radius 3 is 2.27 bits per heavy atom. The number of unbranched alkanes of at least 4 members (excludes halogenated alkanes) is 5. The highest BCUT2D eigenvalue weighted by atomic mass is 14.7. The Kier molecular flexibility index (Phi) is 6.31. The quantitative estimate of drug-likeness (QED) is 0.571. The van der Waals surface area contributed by atoms with E-state index < -0.39 is 0 Å². The maximum Gasteiger partial charge on any atom is 0.00671 e. The molecular weight excluding hydrogens is 182 g/mol. The molecule has 1 fully saturated rings. The number of hydrogen-bond donors (Lipinski definition) is 1. The summed E-state index contributed by atoms with van der Waals surface area (Å²) in [5.74, 6) is 1.75. The molecule has 15 heavy (non-hydrogen) atoms. The lowest BCUT2D eigenvalue weighted by Gasteiger charge is -2.19. The summed E-state index contributed by atoms with van der Waals surface area (Å²) in [5.41, 5.74) is 6.20. The van der Waals surface area contributed by atoms with E-state index in [2.05, 4.69) is 13.8 Å². The predicted molar refractivity (Wildman–Crippen MR) is 67.9 cm³/mol. The molecule has 2 atom stereocenters. The summed E-state index contributed by atoms with van der Waals surface area (Å²) in [6, 6.07) is 0.476. The molecule has 1 nitrogen and oxygen atoms in total. The molecule has 0 aromatic heterocycles. The van der Waals surface area contributed by atoms with E-state index in [1.54, 1.807) is 0 Å². The zero-order chi connectivity index (χ0) is 11.1. The van der Waals surface area contributed by atoms with Crippen LogP contribution in [0.4, 0.5) is 0 Å². The molecule has 90 valence electrons. The van der Waals surface area contributed by atoms with Gasteiger partial charge < -0.3 is 5.73 Å². The second kappa shape index (κ2) is 7.27. The molecule has 1 rings (SSSR count). The maximum atomic E-state index is 6.20. The van der Waals surface area contributed by atoms with E-state index in [1.165, 1.54) is 57.8 Å². The third-order valence-electron chi connectivity index (χ3n) is 3.93. The van der Waals surface area contributed by atoms with Crippen LogP contribution in [0.25, 0.3) is 0 Å². The standard InChI is InChI=1S/C14H29N/c1-3-4-5-6-7-8-9-14(15)12(2)13-10-11-13/h12-14H,3-11,15H2,1-2H3. The van der Waals surface area contributed by atoms with E-state index in [9.17, 15) is 0 Å². The van der Waals surface area contributed by atoms with E-state index in [-0.39, 0.29) is 0 Å². The van der Waals surface area contributed by atoms with Crippen molar-refractivity contribution in [3.05, 3.63) is 0 Å². The van der Waals surface area contributed by atoms with Gasteiger partial charge in [-0.05, 0) is 31.1 Å². The normalized spacial score (nSPS) is 20.2. The van der Waals surface area contributed by atoms with Gasteiger partial charge in [0.25, 0.3) is 0 Å². The lowest BCUT2D eigenvalue weighted by atomic mass is 9.93. The van der Waals surface area contributed by atoms with Crippen molar-refractivity contribution in [2.75, 3.05) is 0 Å². The molecule has 2 N–H and O–H groups in total. The molecule has 0 spiro atoms. The first-order chi connectivity index (χ1) is 7.25. The van der Waals surface area contributed by atoms with Gasteiger partial charge in [0, 0.05) is 6.04 Å². The molecule has 0 heterocycles. The summed E-state index contributed by atoms with van der Waals surface area (Å²) in [4.78, 5) is 0. The van der Waals surface area contributed by atoms with Gasteiger partial charge in [-0.3, -0.25) is 0 Å². The minimum Gasteiger partial charge on any atom is -0.327 e. The average molecular weight is 211 g/mol. The lowest BCUT2D eigenvalue weighted by Crippen LogP contribution is -2.29. The fraction of sp³-hybridized carbons (Fsp3) is 1.00. The summed E-state index contributed by atoms with van der Waals surface area (Å²) < 4.78 is 0. The van der Waals surface area contributed by atoms with E-state index >= 15 is 0 Å². The van der Waals surface area contributed by atoms with E-state index in [0.29, 0.717) is 6.04 Å². The highest BCUT2D eigenvalue weighted by Gasteiger charge is 2.31. The van der Waals surface area contributed by atoms with Gasteiger partial charge in [0.15, 0.2) is 0 Å². The van der Waals surface area contributed by atoms with Crippen molar-refractivity contribution in [2.24, 2.45) is 17.6 Å². The van der Waals surface area contributed by atoms with Crippen LogP contribution in [0, 0.1) is 11.8 Å². The van der Waals surface area contributed by atoms with E-state index in [4.69, 9.17) is 5.73 Å². The van der Waals surface area contributed by atoms with Crippen molar-refractivity contribution in [1.82, 2.24) is 0 Å². The SMILES string of the molecule is CCCCCCCCC(N)C(C)C1CC1. The van der Waals surface area contributed by atoms with E-state index in [0.717, 1.165) is 11.8 Å². The van der Waals surface area contributed by atoms with Crippen LogP contribution < -0.4 is 5.73 Å². The molecule has 0 saturated heterocycles. The fourth-order valence-corrected chi connectivity index (χ4v) is 2.39. The van der Waals surface area contributed by atoms with Gasteiger partial charge in [0.1, 0.15) is 0 Å². The molecule has 0 bridgehead atoms. The third kappa shape index (κ3) is 5.55. The lowest BCUT2D eigenvalue weighted by molar-refractivity contribution is 0.375. The van der Waals surface area contributed by atoms with Gasteiger partial charge >= 0.3 is 0 Å². The second-order valence-corrected chi connectivity index (χ2v) is 5.42. The summed E-state index contributed by atoms with van der Waals surface area (Å²) in [7, 11) is 0. The molecule has 1 aliphatic rings. The third-order valence-corrected chi connectivity index (χ3v) is 3.93. The van der Waals surface area contributed by atoms with Crippen molar-refractivity contribution in [3.8, 4) is 0 Å². The highest BCUT2D eigenvalue weighted by Crippen LogP contribution is 2.38. The average Bonchev–Trinajstić information content (AvgIpc) is 3.05. The van der Waals surface area contributed by atoms with Crippen molar-refractivity contribution < 1.29 is 0 Å². The first kappa shape index (κ1) is 13.0. The summed E-state index contributed by atoms with van der Waals surface area (Å²) >= 11 is 0. The molecule has 0 amide bonds. The highest BCUT2D eigenvalue weighted by molar-refractivity contribution is 4.84. The predicted octanol–water partition coefficient (Wildman–Crippen LogP) is 4.11. The number of nitrogens with two attached hydrogens (primary N) is 1. The largest absolute Gasteiger partial charge is 0.327 e. The van der Waals surface area contributed by atoms with Crippen LogP contribution in [0.3, 0.4) is 0 Å². The van der Waals surface area contributed by atoms with Crippen molar-refractivity contribution >= 4 is 0 Å². The van der Waals surface area contributed by atoms with Crippen molar-refractivity contribution in [3.63, 3.8) is 0 Å². The molecule has 1 heteroatoms.